The highest BCUT2D eigenvalue weighted by molar-refractivity contribution is 7.07. The fraction of sp³-hybridized carbons (Fsp3) is 0.269. The third kappa shape index (κ3) is 4.17. The van der Waals surface area contributed by atoms with Crippen molar-refractivity contribution in [1.29, 1.82) is 0 Å². The summed E-state index contributed by atoms with van der Waals surface area (Å²) < 4.78 is 7.67. The predicted octanol–water partition coefficient (Wildman–Crippen LogP) is 2.82. The Morgan fingerprint density at radius 2 is 1.94 bits per heavy atom. The number of carbonyl (C=O) groups is 1. The molecule has 2 aromatic carbocycles. The first-order chi connectivity index (χ1) is 16.4. The lowest BCUT2D eigenvalue weighted by Crippen LogP contribution is -2.43. The van der Waals surface area contributed by atoms with Crippen LogP contribution in [0.4, 0.5) is 0 Å². The number of amides is 1. The standard InChI is InChI=1S/C26H27N3O4S/c1-5-28(6-2)25(32)22-16(3)27-26-29(23(22)19-12-7-8-13-20(19)33-4)24(31)21(34-26)15-17-10-9-11-18(30)14-17/h7-15,23,30H,5-6H2,1-4H3/b21-15+/t23-/m0/s1. The van der Waals surface area contributed by atoms with E-state index in [-0.39, 0.29) is 17.2 Å². The van der Waals surface area contributed by atoms with Gasteiger partial charge in [-0.25, -0.2) is 4.99 Å². The summed E-state index contributed by atoms with van der Waals surface area (Å²) in [7, 11) is 1.58. The number of rotatable bonds is 6. The summed E-state index contributed by atoms with van der Waals surface area (Å²) in [4.78, 5) is 34.3. The lowest BCUT2D eigenvalue weighted by Gasteiger charge is -2.29. The number of fused-ring (bicyclic) bond motifs is 1. The summed E-state index contributed by atoms with van der Waals surface area (Å²) in [6.07, 6.45) is 1.73. The summed E-state index contributed by atoms with van der Waals surface area (Å²) in [5.74, 6) is 0.565. The maximum absolute atomic E-state index is 13.7. The smallest absolute Gasteiger partial charge is 0.271 e. The Kier molecular flexibility index (Phi) is 6.70. The summed E-state index contributed by atoms with van der Waals surface area (Å²) >= 11 is 1.26. The average Bonchev–Trinajstić information content (AvgIpc) is 3.13. The molecule has 2 heterocycles. The lowest BCUT2D eigenvalue weighted by molar-refractivity contribution is -0.127. The molecule has 1 aliphatic heterocycles. The molecule has 176 valence electrons. The number of carbonyl (C=O) groups excluding carboxylic acids is 1. The maximum Gasteiger partial charge on any atom is 0.271 e. The van der Waals surface area contributed by atoms with Crippen LogP contribution in [0.1, 0.15) is 37.9 Å². The van der Waals surface area contributed by atoms with E-state index in [1.165, 1.54) is 11.3 Å². The molecule has 34 heavy (non-hydrogen) atoms. The van der Waals surface area contributed by atoms with E-state index in [0.717, 1.165) is 5.56 Å². The number of aromatic hydroxyl groups is 1. The number of aromatic nitrogens is 1. The third-order valence-corrected chi connectivity index (χ3v) is 6.89. The van der Waals surface area contributed by atoms with Gasteiger partial charge in [0.2, 0.25) is 0 Å². The Labute approximate surface area is 201 Å². The fourth-order valence-electron chi connectivity index (χ4n) is 4.23. The van der Waals surface area contributed by atoms with Crippen LogP contribution >= 0.6 is 11.3 Å². The predicted molar refractivity (Wildman–Crippen MR) is 133 cm³/mol. The molecule has 8 heteroatoms. The van der Waals surface area contributed by atoms with E-state index in [1.807, 2.05) is 51.1 Å². The van der Waals surface area contributed by atoms with Crippen LogP contribution in [0.5, 0.6) is 11.5 Å². The second-order valence-electron chi connectivity index (χ2n) is 7.90. The van der Waals surface area contributed by atoms with Gasteiger partial charge in [0, 0.05) is 18.7 Å². The number of hydrogen-bond acceptors (Lipinski definition) is 6. The molecule has 0 radical (unpaired) electrons. The summed E-state index contributed by atoms with van der Waals surface area (Å²) in [6, 6.07) is 13.5. The van der Waals surface area contributed by atoms with E-state index in [2.05, 4.69) is 4.99 Å². The summed E-state index contributed by atoms with van der Waals surface area (Å²) in [5, 5.41) is 9.82. The molecule has 7 nitrogen and oxygen atoms in total. The molecule has 1 N–H and O–H groups in total. The molecular formula is C26H27N3O4S. The average molecular weight is 478 g/mol. The number of hydrogen-bond donors (Lipinski definition) is 1. The molecule has 1 amide bonds. The van der Waals surface area contributed by atoms with Crippen molar-refractivity contribution in [1.82, 2.24) is 9.47 Å². The zero-order valence-corrected chi connectivity index (χ0v) is 20.4. The van der Waals surface area contributed by atoms with E-state index < -0.39 is 6.04 Å². The van der Waals surface area contributed by atoms with Gasteiger partial charge in [0.05, 0.1) is 22.9 Å². The zero-order chi connectivity index (χ0) is 24.4. The van der Waals surface area contributed by atoms with Crippen LogP contribution in [-0.2, 0) is 4.79 Å². The van der Waals surface area contributed by atoms with E-state index in [1.54, 1.807) is 40.9 Å². The monoisotopic (exact) mass is 477 g/mol. The number of phenolic OH excluding ortho intramolecular Hbond substituents is 1. The van der Waals surface area contributed by atoms with Crippen LogP contribution in [0.3, 0.4) is 0 Å². The van der Waals surface area contributed by atoms with Crippen LogP contribution in [0, 0.1) is 0 Å². The first kappa shape index (κ1) is 23.5. The van der Waals surface area contributed by atoms with Crippen LogP contribution in [-0.4, -0.2) is 40.7 Å². The molecular weight excluding hydrogens is 450 g/mol. The van der Waals surface area contributed by atoms with E-state index >= 15 is 0 Å². The van der Waals surface area contributed by atoms with Crippen LogP contribution in [0.15, 0.2) is 69.6 Å². The van der Waals surface area contributed by atoms with Gasteiger partial charge in [0.1, 0.15) is 17.5 Å². The Balaban J connectivity index is 2.00. The van der Waals surface area contributed by atoms with E-state index in [9.17, 15) is 14.7 Å². The van der Waals surface area contributed by atoms with Crippen molar-refractivity contribution in [2.45, 2.75) is 26.8 Å². The van der Waals surface area contributed by atoms with Crippen molar-refractivity contribution in [3.63, 3.8) is 0 Å². The Hall–Kier alpha value is -3.65. The van der Waals surface area contributed by atoms with Crippen molar-refractivity contribution >= 4 is 23.3 Å². The molecule has 0 spiro atoms. The number of thiazole rings is 1. The molecule has 3 aromatic rings. The normalized spacial score (nSPS) is 15.6. The van der Waals surface area contributed by atoms with Gasteiger partial charge < -0.3 is 14.7 Å². The highest BCUT2D eigenvalue weighted by Crippen LogP contribution is 2.36. The summed E-state index contributed by atoms with van der Waals surface area (Å²) in [6.45, 7) is 6.77. The second kappa shape index (κ2) is 9.69. The molecule has 0 unspecified atom stereocenters. The first-order valence-electron chi connectivity index (χ1n) is 11.1. The molecule has 0 saturated carbocycles. The van der Waals surface area contributed by atoms with Gasteiger partial charge in [0.15, 0.2) is 4.80 Å². The number of benzene rings is 2. The molecule has 1 aromatic heterocycles. The van der Waals surface area contributed by atoms with Gasteiger partial charge in [-0.05, 0) is 50.6 Å². The topological polar surface area (TPSA) is 84.1 Å². The van der Waals surface area contributed by atoms with Gasteiger partial charge >= 0.3 is 0 Å². The molecule has 0 fully saturated rings. The fourth-order valence-corrected chi connectivity index (χ4v) is 5.28. The quantitative estimate of drug-likeness (QED) is 0.592. The lowest BCUT2D eigenvalue weighted by atomic mass is 9.94. The minimum Gasteiger partial charge on any atom is -0.508 e. The van der Waals surface area contributed by atoms with Crippen LogP contribution < -0.4 is 19.6 Å². The zero-order valence-electron chi connectivity index (χ0n) is 19.6. The minimum absolute atomic E-state index is 0.122. The van der Waals surface area contributed by atoms with E-state index in [0.29, 0.717) is 45.0 Å². The highest BCUT2D eigenvalue weighted by atomic mass is 32.1. The van der Waals surface area contributed by atoms with Gasteiger partial charge in [-0.2, -0.15) is 0 Å². The molecule has 1 aliphatic rings. The number of phenols is 1. The maximum atomic E-state index is 13.7. The van der Waals surface area contributed by atoms with Gasteiger partial charge in [-0.1, -0.05) is 41.7 Å². The number of allylic oxidation sites excluding steroid dienone is 1. The largest absolute Gasteiger partial charge is 0.508 e. The summed E-state index contributed by atoms with van der Waals surface area (Å²) in [5.41, 5.74) is 2.22. The van der Waals surface area contributed by atoms with Crippen molar-refractivity contribution < 1.29 is 14.6 Å². The van der Waals surface area contributed by atoms with Gasteiger partial charge in [-0.15, -0.1) is 0 Å². The molecule has 0 aliphatic carbocycles. The Morgan fingerprint density at radius 3 is 2.62 bits per heavy atom. The van der Waals surface area contributed by atoms with Gasteiger partial charge in [-0.3, -0.25) is 14.2 Å². The minimum atomic E-state index is -0.674. The van der Waals surface area contributed by atoms with Crippen LogP contribution in [0.25, 0.3) is 6.08 Å². The number of likely N-dealkylation sites (N-methyl/N-ethyl adjacent to an activating group) is 1. The number of methoxy groups -OCH3 is 1. The molecule has 4 rings (SSSR count). The van der Waals surface area contributed by atoms with Crippen molar-refractivity contribution in [3.05, 3.63) is 90.6 Å². The van der Waals surface area contributed by atoms with Gasteiger partial charge in [0.25, 0.3) is 11.5 Å². The number of para-hydroxylation sites is 1. The Morgan fingerprint density at radius 1 is 1.21 bits per heavy atom. The van der Waals surface area contributed by atoms with Crippen molar-refractivity contribution in [2.24, 2.45) is 4.99 Å². The molecule has 0 bridgehead atoms. The number of nitrogens with zero attached hydrogens (tertiary/aromatic N) is 3. The molecule has 1 atom stereocenters. The first-order valence-corrected chi connectivity index (χ1v) is 11.9. The number of ether oxygens (including phenoxy) is 1. The van der Waals surface area contributed by atoms with Crippen molar-refractivity contribution in [2.75, 3.05) is 20.2 Å². The van der Waals surface area contributed by atoms with E-state index in [4.69, 9.17) is 4.74 Å². The van der Waals surface area contributed by atoms with Crippen LogP contribution in [0.2, 0.25) is 0 Å². The highest BCUT2D eigenvalue weighted by Gasteiger charge is 2.35. The van der Waals surface area contributed by atoms with Crippen molar-refractivity contribution in [3.8, 4) is 11.5 Å². The molecule has 0 saturated heterocycles. The SMILES string of the molecule is CCN(CC)C(=O)C1=C(C)N=c2s/c(=C/c3cccc(O)c3)c(=O)n2[C@H]1c1ccccc1OC. The second-order valence-corrected chi connectivity index (χ2v) is 8.91. The Bertz CT molecular complexity index is 1450. The third-order valence-electron chi connectivity index (χ3n) is 5.90.